The van der Waals surface area contributed by atoms with Crippen LogP contribution in [0, 0.1) is 5.92 Å². The smallest absolute Gasteiger partial charge is 0.290 e. The van der Waals surface area contributed by atoms with Crippen molar-refractivity contribution in [2.45, 2.75) is 51.6 Å². The average molecular weight is 352 g/mol. The monoisotopic (exact) mass is 352 g/mol. The zero-order chi connectivity index (χ0) is 18.4. The molecule has 2 aromatic rings. The highest BCUT2D eigenvalue weighted by Gasteiger charge is 2.47. The minimum absolute atomic E-state index is 0.0702. The maximum atomic E-state index is 12.9. The number of Topliss-reactive ketones (excluding diaryl/α,β-unsaturated/α-hetero) is 1. The van der Waals surface area contributed by atoms with E-state index in [-0.39, 0.29) is 29.1 Å². The van der Waals surface area contributed by atoms with Gasteiger partial charge in [0.05, 0.1) is 11.6 Å². The molecular weight excluding hydrogens is 328 g/mol. The summed E-state index contributed by atoms with van der Waals surface area (Å²) in [6.45, 7) is 3.61. The molecule has 4 rings (SSSR count). The lowest BCUT2D eigenvalue weighted by molar-refractivity contribution is -0.131. The number of aliphatic hydroxyl groups is 1. The van der Waals surface area contributed by atoms with E-state index in [1.807, 2.05) is 30.5 Å². The molecule has 26 heavy (non-hydrogen) atoms. The van der Waals surface area contributed by atoms with Gasteiger partial charge in [-0.15, -0.1) is 0 Å². The fraction of sp³-hybridized carbons (Fsp3) is 0.429. The van der Waals surface area contributed by atoms with E-state index in [1.54, 1.807) is 18.7 Å². The Morgan fingerprint density at radius 2 is 1.92 bits per heavy atom. The minimum atomic E-state index is -0.517. The van der Waals surface area contributed by atoms with E-state index in [1.165, 1.54) is 0 Å². The Morgan fingerprint density at radius 3 is 2.62 bits per heavy atom. The lowest BCUT2D eigenvalue weighted by Gasteiger charge is -2.32. The first-order valence-electron chi connectivity index (χ1n) is 9.36. The Balaban J connectivity index is 1.89. The summed E-state index contributed by atoms with van der Waals surface area (Å²) >= 11 is 0. The van der Waals surface area contributed by atoms with Gasteiger partial charge in [-0.25, -0.2) is 0 Å². The predicted octanol–water partition coefficient (Wildman–Crippen LogP) is 4.03. The Morgan fingerprint density at radius 1 is 1.23 bits per heavy atom. The summed E-state index contributed by atoms with van der Waals surface area (Å²) in [5.41, 5.74) is 2.10. The molecule has 5 nitrogen and oxygen atoms in total. The third-order valence-corrected chi connectivity index (χ3v) is 5.67. The van der Waals surface area contributed by atoms with Gasteiger partial charge >= 0.3 is 0 Å². The van der Waals surface area contributed by atoms with Crippen LogP contribution < -0.4 is 0 Å². The lowest BCUT2D eigenvalue weighted by Crippen LogP contribution is -2.38. The summed E-state index contributed by atoms with van der Waals surface area (Å²) in [4.78, 5) is 30.8. The summed E-state index contributed by atoms with van der Waals surface area (Å²) in [5, 5.41) is 11.6. The van der Waals surface area contributed by atoms with Crippen molar-refractivity contribution in [3.63, 3.8) is 0 Å². The van der Waals surface area contributed by atoms with Crippen LogP contribution in [0.5, 0.6) is 0 Å². The van der Waals surface area contributed by atoms with Crippen LogP contribution in [-0.2, 0) is 9.59 Å². The third kappa shape index (κ3) is 2.45. The van der Waals surface area contributed by atoms with Gasteiger partial charge in [0.25, 0.3) is 5.91 Å². The number of aromatic nitrogens is 1. The molecule has 1 aromatic carbocycles. The van der Waals surface area contributed by atoms with Gasteiger partial charge in [-0.1, -0.05) is 44.9 Å². The number of carbonyl (C=O) groups is 2. The number of hydrogen-bond donors (Lipinski definition) is 2. The van der Waals surface area contributed by atoms with Crippen LogP contribution in [-0.4, -0.2) is 32.7 Å². The molecule has 2 aliphatic rings. The van der Waals surface area contributed by atoms with Crippen molar-refractivity contribution in [1.82, 2.24) is 9.88 Å². The number of aliphatic hydroxyl groups excluding tert-OH is 1. The first-order chi connectivity index (χ1) is 12.5. The van der Waals surface area contributed by atoms with E-state index in [4.69, 9.17) is 0 Å². The predicted molar refractivity (Wildman–Crippen MR) is 99.6 cm³/mol. The SMILES string of the molecule is CC(C)C(=O)C1=C(O)C(=O)N(C2CCCC2)C1c1c[nH]c2ccccc12. The van der Waals surface area contributed by atoms with E-state index in [0.717, 1.165) is 42.1 Å². The molecule has 1 atom stereocenters. The second-order valence-electron chi connectivity index (χ2n) is 7.62. The number of H-pyrrole nitrogens is 1. The molecule has 1 aliphatic carbocycles. The topological polar surface area (TPSA) is 73.4 Å². The molecule has 1 aromatic heterocycles. The fourth-order valence-corrected chi connectivity index (χ4v) is 4.37. The normalized spacial score (nSPS) is 21.6. The van der Waals surface area contributed by atoms with Gasteiger partial charge in [-0.3, -0.25) is 9.59 Å². The van der Waals surface area contributed by atoms with E-state index in [9.17, 15) is 14.7 Å². The second kappa shape index (κ2) is 6.31. The number of rotatable bonds is 4. The van der Waals surface area contributed by atoms with E-state index < -0.39 is 11.9 Å². The summed E-state index contributed by atoms with van der Waals surface area (Å²) in [6.07, 6.45) is 5.85. The van der Waals surface area contributed by atoms with E-state index in [2.05, 4.69) is 4.98 Å². The van der Waals surface area contributed by atoms with E-state index >= 15 is 0 Å². The number of benzene rings is 1. The number of aromatic amines is 1. The molecule has 1 fully saturated rings. The quantitative estimate of drug-likeness (QED) is 0.872. The van der Waals surface area contributed by atoms with Crippen LogP contribution in [0.25, 0.3) is 10.9 Å². The van der Waals surface area contributed by atoms with Crippen LogP contribution in [0.15, 0.2) is 41.8 Å². The fourth-order valence-electron chi connectivity index (χ4n) is 4.37. The van der Waals surface area contributed by atoms with Crippen LogP contribution in [0.4, 0.5) is 0 Å². The number of ketones is 1. The van der Waals surface area contributed by atoms with Crippen LogP contribution in [0.2, 0.25) is 0 Å². The first-order valence-corrected chi connectivity index (χ1v) is 9.36. The van der Waals surface area contributed by atoms with Gasteiger partial charge in [0.2, 0.25) is 0 Å². The van der Waals surface area contributed by atoms with Crippen molar-refractivity contribution >= 4 is 22.6 Å². The van der Waals surface area contributed by atoms with Gasteiger partial charge in [-0.2, -0.15) is 0 Å². The van der Waals surface area contributed by atoms with Crippen LogP contribution >= 0.6 is 0 Å². The summed E-state index contributed by atoms with van der Waals surface area (Å²) < 4.78 is 0. The molecule has 1 saturated carbocycles. The largest absolute Gasteiger partial charge is 0.503 e. The number of nitrogens with one attached hydrogen (secondary N) is 1. The molecule has 0 spiro atoms. The molecule has 1 amide bonds. The maximum absolute atomic E-state index is 12.9. The standard InChI is InChI=1S/C21H24N2O3/c1-12(2)19(24)17-18(15-11-22-16-10-6-5-9-14(15)16)23(21(26)20(17)25)13-7-3-4-8-13/h5-6,9-13,18,22,25H,3-4,7-8H2,1-2H3. The first kappa shape index (κ1) is 16.9. The van der Waals surface area contributed by atoms with Gasteiger partial charge in [0.15, 0.2) is 11.5 Å². The highest BCUT2D eigenvalue weighted by molar-refractivity contribution is 6.10. The lowest BCUT2D eigenvalue weighted by atomic mass is 9.90. The molecule has 2 N–H and O–H groups in total. The number of nitrogens with zero attached hydrogens (tertiary/aromatic N) is 1. The van der Waals surface area contributed by atoms with Crippen LogP contribution in [0.1, 0.15) is 51.1 Å². The van der Waals surface area contributed by atoms with Gasteiger partial charge in [-0.05, 0) is 18.9 Å². The number of hydrogen-bond acceptors (Lipinski definition) is 3. The van der Waals surface area contributed by atoms with Crippen molar-refractivity contribution in [3.8, 4) is 0 Å². The van der Waals surface area contributed by atoms with Gasteiger partial charge in [0, 0.05) is 34.6 Å². The maximum Gasteiger partial charge on any atom is 0.290 e. The Bertz CT molecular complexity index is 903. The molecule has 1 unspecified atom stereocenters. The molecule has 5 heteroatoms. The van der Waals surface area contributed by atoms with Gasteiger partial charge in [0.1, 0.15) is 0 Å². The minimum Gasteiger partial charge on any atom is -0.503 e. The number of para-hydroxylation sites is 1. The van der Waals surface area contributed by atoms with Crippen molar-refractivity contribution in [2.24, 2.45) is 5.92 Å². The van der Waals surface area contributed by atoms with Crippen molar-refractivity contribution < 1.29 is 14.7 Å². The zero-order valence-electron chi connectivity index (χ0n) is 15.2. The van der Waals surface area contributed by atoms with Crippen molar-refractivity contribution in [3.05, 3.63) is 47.4 Å². The molecule has 1 aliphatic heterocycles. The van der Waals surface area contributed by atoms with Crippen molar-refractivity contribution in [2.75, 3.05) is 0 Å². The highest BCUT2D eigenvalue weighted by atomic mass is 16.3. The van der Waals surface area contributed by atoms with Crippen molar-refractivity contribution in [1.29, 1.82) is 0 Å². The average Bonchev–Trinajstić information content (AvgIpc) is 3.34. The zero-order valence-corrected chi connectivity index (χ0v) is 15.2. The molecule has 0 bridgehead atoms. The summed E-state index contributed by atoms with van der Waals surface area (Å²) in [5.74, 6) is -1.22. The number of fused-ring (bicyclic) bond motifs is 1. The molecule has 0 saturated heterocycles. The Labute approximate surface area is 152 Å². The molecular formula is C21H24N2O3. The number of carbonyl (C=O) groups excluding carboxylic acids is 2. The Hall–Kier alpha value is -2.56. The Kier molecular flexibility index (Phi) is 4.10. The van der Waals surface area contributed by atoms with Gasteiger partial charge < -0.3 is 15.0 Å². The molecule has 136 valence electrons. The number of amides is 1. The summed E-state index contributed by atoms with van der Waals surface area (Å²) in [7, 11) is 0. The molecule has 0 radical (unpaired) electrons. The third-order valence-electron chi connectivity index (χ3n) is 5.67. The van der Waals surface area contributed by atoms with E-state index in [0.29, 0.717) is 0 Å². The highest BCUT2D eigenvalue weighted by Crippen LogP contribution is 2.44. The second-order valence-corrected chi connectivity index (χ2v) is 7.62. The van der Waals surface area contributed by atoms with Crippen LogP contribution in [0.3, 0.4) is 0 Å². The summed E-state index contributed by atoms with van der Waals surface area (Å²) in [6, 6.07) is 7.42. The molecule has 2 heterocycles.